The summed E-state index contributed by atoms with van der Waals surface area (Å²) in [4.78, 5) is 11.9. The smallest absolute Gasteiger partial charge is 0.221 e. The van der Waals surface area contributed by atoms with E-state index in [1.54, 1.807) is 7.11 Å². The van der Waals surface area contributed by atoms with Crippen molar-refractivity contribution in [2.45, 2.75) is 51.1 Å². The van der Waals surface area contributed by atoms with E-state index in [1.807, 2.05) is 24.3 Å². The van der Waals surface area contributed by atoms with Crippen molar-refractivity contribution in [3.8, 4) is 5.75 Å². The van der Waals surface area contributed by atoms with Crippen molar-refractivity contribution >= 4 is 5.91 Å². The van der Waals surface area contributed by atoms with Crippen molar-refractivity contribution < 1.29 is 9.53 Å². The predicted octanol–water partition coefficient (Wildman–Crippen LogP) is 2.62. The minimum absolute atomic E-state index is 0.0872. The monoisotopic (exact) mass is 290 g/mol. The van der Waals surface area contributed by atoms with Crippen LogP contribution >= 0.6 is 0 Å². The Morgan fingerprint density at radius 1 is 1.24 bits per heavy atom. The SMILES string of the molecule is COc1ccccc1CNC(=O)CCNC1CCCCC1. The van der Waals surface area contributed by atoms with E-state index in [0.29, 0.717) is 19.0 Å². The second-order valence-electron chi connectivity index (χ2n) is 5.63. The van der Waals surface area contributed by atoms with Crippen LogP contribution in [0.3, 0.4) is 0 Å². The second kappa shape index (κ2) is 8.67. The summed E-state index contributed by atoms with van der Waals surface area (Å²) in [7, 11) is 1.65. The van der Waals surface area contributed by atoms with E-state index in [1.165, 1.54) is 32.1 Å². The Kier molecular flexibility index (Phi) is 6.54. The molecule has 0 heterocycles. The highest BCUT2D eigenvalue weighted by Crippen LogP contribution is 2.17. The first kappa shape index (κ1) is 15.8. The van der Waals surface area contributed by atoms with Gasteiger partial charge in [-0.05, 0) is 18.9 Å². The second-order valence-corrected chi connectivity index (χ2v) is 5.63. The molecule has 4 heteroatoms. The highest BCUT2D eigenvalue weighted by molar-refractivity contribution is 5.76. The van der Waals surface area contributed by atoms with Crippen molar-refractivity contribution in [3.05, 3.63) is 29.8 Å². The summed E-state index contributed by atoms with van der Waals surface area (Å²) >= 11 is 0. The number of methoxy groups -OCH3 is 1. The average Bonchev–Trinajstić information content (AvgIpc) is 2.54. The summed E-state index contributed by atoms with van der Waals surface area (Å²) in [6.07, 6.45) is 7.03. The molecule has 1 saturated carbocycles. The summed E-state index contributed by atoms with van der Waals surface area (Å²) in [5.74, 6) is 0.905. The van der Waals surface area contributed by atoms with Crippen LogP contribution in [0.2, 0.25) is 0 Å². The van der Waals surface area contributed by atoms with Crippen LogP contribution in [0.5, 0.6) is 5.75 Å². The van der Waals surface area contributed by atoms with Gasteiger partial charge >= 0.3 is 0 Å². The molecule has 1 fully saturated rings. The van der Waals surface area contributed by atoms with Gasteiger partial charge in [0, 0.05) is 31.1 Å². The van der Waals surface area contributed by atoms with Gasteiger partial charge in [-0.25, -0.2) is 0 Å². The van der Waals surface area contributed by atoms with E-state index < -0.39 is 0 Å². The maximum atomic E-state index is 11.9. The fraction of sp³-hybridized carbons (Fsp3) is 0.588. The number of nitrogens with one attached hydrogen (secondary N) is 2. The van der Waals surface area contributed by atoms with Crippen LogP contribution in [0.1, 0.15) is 44.1 Å². The third-order valence-corrected chi connectivity index (χ3v) is 4.06. The molecule has 0 aromatic heterocycles. The molecule has 4 nitrogen and oxygen atoms in total. The Hall–Kier alpha value is -1.55. The zero-order valence-corrected chi connectivity index (χ0v) is 12.9. The van der Waals surface area contributed by atoms with Crippen LogP contribution in [0, 0.1) is 0 Å². The predicted molar refractivity (Wildman–Crippen MR) is 84.3 cm³/mol. The molecule has 1 aromatic rings. The first-order valence-corrected chi connectivity index (χ1v) is 7.91. The number of hydrogen-bond donors (Lipinski definition) is 2. The van der Waals surface area contributed by atoms with Gasteiger partial charge in [-0.1, -0.05) is 37.5 Å². The molecule has 0 aliphatic heterocycles. The summed E-state index contributed by atoms with van der Waals surface area (Å²) in [5, 5.41) is 6.44. The van der Waals surface area contributed by atoms with E-state index >= 15 is 0 Å². The van der Waals surface area contributed by atoms with Crippen molar-refractivity contribution in [2.75, 3.05) is 13.7 Å². The fourth-order valence-electron chi connectivity index (χ4n) is 2.83. The minimum atomic E-state index is 0.0872. The number of carbonyl (C=O) groups is 1. The van der Waals surface area contributed by atoms with E-state index in [4.69, 9.17) is 4.74 Å². The summed E-state index contributed by atoms with van der Waals surface area (Å²) in [6, 6.07) is 8.37. The van der Waals surface area contributed by atoms with Crippen molar-refractivity contribution in [2.24, 2.45) is 0 Å². The molecule has 0 radical (unpaired) electrons. The van der Waals surface area contributed by atoms with Gasteiger partial charge < -0.3 is 15.4 Å². The molecule has 0 unspecified atom stereocenters. The largest absolute Gasteiger partial charge is 0.496 e. The Bertz CT molecular complexity index is 442. The van der Waals surface area contributed by atoms with E-state index in [0.717, 1.165) is 17.9 Å². The third-order valence-electron chi connectivity index (χ3n) is 4.06. The Morgan fingerprint density at radius 3 is 2.76 bits per heavy atom. The normalized spacial score (nSPS) is 15.7. The fourth-order valence-corrected chi connectivity index (χ4v) is 2.83. The van der Waals surface area contributed by atoms with Gasteiger partial charge in [-0.2, -0.15) is 0 Å². The van der Waals surface area contributed by atoms with Gasteiger partial charge in [-0.3, -0.25) is 4.79 Å². The summed E-state index contributed by atoms with van der Waals surface area (Å²) in [5.41, 5.74) is 1.01. The number of carbonyl (C=O) groups excluding carboxylic acids is 1. The zero-order chi connectivity index (χ0) is 14.9. The van der Waals surface area contributed by atoms with Gasteiger partial charge in [0.25, 0.3) is 0 Å². The van der Waals surface area contributed by atoms with Crippen molar-refractivity contribution in [1.29, 1.82) is 0 Å². The van der Waals surface area contributed by atoms with Crippen molar-refractivity contribution in [3.63, 3.8) is 0 Å². The molecular weight excluding hydrogens is 264 g/mol. The van der Waals surface area contributed by atoms with E-state index in [-0.39, 0.29) is 5.91 Å². The topological polar surface area (TPSA) is 50.4 Å². The number of benzene rings is 1. The number of rotatable bonds is 7. The Balaban J connectivity index is 1.65. The lowest BCUT2D eigenvalue weighted by molar-refractivity contribution is -0.121. The summed E-state index contributed by atoms with van der Waals surface area (Å²) < 4.78 is 5.27. The molecule has 1 aliphatic rings. The van der Waals surface area contributed by atoms with E-state index in [9.17, 15) is 4.79 Å². The molecule has 0 atom stereocenters. The molecular formula is C17H26N2O2. The number of amides is 1. The Morgan fingerprint density at radius 2 is 2.00 bits per heavy atom. The summed E-state index contributed by atoms with van der Waals surface area (Å²) in [6.45, 7) is 1.29. The molecule has 0 bridgehead atoms. The number of hydrogen-bond acceptors (Lipinski definition) is 3. The maximum Gasteiger partial charge on any atom is 0.221 e. The van der Waals surface area contributed by atoms with Crippen LogP contribution in [-0.4, -0.2) is 25.6 Å². The molecule has 2 N–H and O–H groups in total. The van der Waals surface area contributed by atoms with Crippen molar-refractivity contribution in [1.82, 2.24) is 10.6 Å². The molecule has 0 saturated heterocycles. The first-order chi connectivity index (χ1) is 10.3. The quantitative estimate of drug-likeness (QED) is 0.811. The highest BCUT2D eigenvalue weighted by Gasteiger charge is 2.12. The average molecular weight is 290 g/mol. The molecule has 1 aromatic carbocycles. The van der Waals surface area contributed by atoms with Gasteiger partial charge in [-0.15, -0.1) is 0 Å². The molecule has 21 heavy (non-hydrogen) atoms. The standard InChI is InChI=1S/C17H26N2O2/c1-21-16-10-6-5-7-14(16)13-19-17(20)11-12-18-15-8-3-2-4-9-15/h5-7,10,15,18H,2-4,8-9,11-13H2,1H3,(H,19,20). The lowest BCUT2D eigenvalue weighted by atomic mass is 9.95. The first-order valence-electron chi connectivity index (χ1n) is 7.91. The highest BCUT2D eigenvalue weighted by atomic mass is 16.5. The molecule has 0 spiro atoms. The third kappa shape index (κ3) is 5.38. The van der Waals surface area contributed by atoms with Gasteiger partial charge in [0.05, 0.1) is 7.11 Å². The number of para-hydroxylation sites is 1. The van der Waals surface area contributed by atoms with Gasteiger partial charge in [0.2, 0.25) is 5.91 Å². The minimum Gasteiger partial charge on any atom is -0.496 e. The lowest BCUT2D eigenvalue weighted by Gasteiger charge is -2.22. The van der Waals surface area contributed by atoms with Gasteiger partial charge in [0.1, 0.15) is 5.75 Å². The molecule has 2 rings (SSSR count). The Labute approximate surface area is 127 Å². The van der Waals surface area contributed by atoms with Crippen LogP contribution in [0.15, 0.2) is 24.3 Å². The van der Waals surface area contributed by atoms with Gasteiger partial charge in [0.15, 0.2) is 0 Å². The van der Waals surface area contributed by atoms with Crippen LogP contribution in [0.25, 0.3) is 0 Å². The van der Waals surface area contributed by atoms with Crippen LogP contribution in [-0.2, 0) is 11.3 Å². The van der Waals surface area contributed by atoms with Crippen LogP contribution in [0.4, 0.5) is 0 Å². The molecule has 1 amide bonds. The number of ether oxygens (including phenoxy) is 1. The van der Waals surface area contributed by atoms with Crippen LogP contribution < -0.4 is 15.4 Å². The molecule has 116 valence electrons. The maximum absolute atomic E-state index is 11.9. The van der Waals surface area contributed by atoms with E-state index in [2.05, 4.69) is 10.6 Å². The molecule has 1 aliphatic carbocycles. The zero-order valence-electron chi connectivity index (χ0n) is 12.9. The lowest BCUT2D eigenvalue weighted by Crippen LogP contribution is -2.34.